The van der Waals surface area contributed by atoms with Crippen molar-refractivity contribution in [3.05, 3.63) is 45.9 Å². The third-order valence-electron chi connectivity index (χ3n) is 3.72. The van der Waals surface area contributed by atoms with Crippen LogP contribution in [-0.4, -0.2) is 31.1 Å². The molecule has 1 fully saturated rings. The van der Waals surface area contributed by atoms with E-state index in [2.05, 4.69) is 25.8 Å². The number of amides is 1. The molecule has 2 aromatic heterocycles. The van der Waals surface area contributed by atoms with E-state index in [4.69, 9.17) is 0 Å². The number of carbonyl (C=O) groups excluding carboxylic acids is 1. The molecule has 0 spiro atoms. The number of benzene rings is 1. The minimum atomic E-state index is -0.519. The normalized spacial score (nSPS) is 13.9. The van der Waals surface area contributed by atoms with E-state index in [0.717, 1.165) is 23.7 Å². The predicted octanol–water partition coefficient (Wildman–Crippen LogP) is 2.70. The number of thiazole rings is 1. The van der Waals surface area contributed by atoms with Gasteiger partial charge in [-0.2, -0.15) is 4.68 Å². The maximum Gasteiger partial charge on any atom is 0.267 e. The molecule has 0 aliphatic heterocycles. The topological polar surface area (TPSA) is 85.6 Å². The highest BCUT2D eigenvalue weighted by molar-refractivity contribution is 7.13. The van der Waals surface area contributed by atoms with Crippen LogP contribution in [0.5, 0.6) is 0 Å². The lowest BCUT2D eigenvalue weighted by Crippen LogP contribution is -2.12. The van der Waals surface area contributed by atoms with Crippen molar-refractivity contribution < 1.29 is 9.18 Å². The Kier molecular flexibility index (Phi) is 3.57. The highest BCUT2D eigenvalue weighted by atomic mass is 32.1. The number of tetrazole rings is 1. The average Bonchev–Trinajstić information content (AvgIpc) is 3.12. The molecule has 24 heavy (non-hydrogen) atoms. The number of aryl methyl sites for hydroxylation is 1. The average molecular weight is 344 g/mol. The molecule has 0 radical (unpaired) electrons. The van der Waals surface area contributed by atoms with Gasteiger partial charge in [-0.3, -0.25) is 4.79 Å². The van der Waals surface area contributed by atoms with Crippen LogP contribution in [0.3, 0.4) is 0 Å². The molecule has 1 aliphatic carbocycles. The van der Waals surface area contributed by atoms with E-state index in [9.17, 15) is 9.18 Å². The summed E-state index contributed by atoms with van der Waals surface area (Å²) in [4.78, 5) is 16.7. The first kappa shape index (κ1) is 14.9. The number of carbonyl (C=O) groups is 1. The van der Waals surface area contributed by atoms with Crippen molar-refractivity contribution in [3.8, 4) is 5.69 Å². The first-order valence-corrected chi connectivity index (χ1v) is 8.25. The molecule has 7 nitrogen and oxygen atoms in total. The SMILES string of the molecule is Cc1ncc(C(=O)Nc2cc(-n3nnnc3C3CC3)ccc2F)s1. The van der Waals surface area contributed by atoms with E-state index in [1.165, 1.54) is 29.7 Å². The lowest BCUT2D eigenvalue weighted by Gasteiger charge is -2.09. The first-order chi connectivity index (χ1) is 11.6. The Balaban J connectivity index is 1.64. The molecular weight excluding hydrogens is 331 g/mol. The van der Waals surface area contributed by atoms with Gasteiger partial charge >= 0.3 is 0 Å². The number of rotatable bonds is 4. The fourth-order valence-corrected chi connectivity index (χ4v) is 3.04. The van der Waals surface area contributed by atoms with E-state index < -0.39 is 11.7 Å². The summed E-state index contributed by atoms with van der Waals surface area (Å²) in [6.07, 6.45) is 3.58. The Labute approximate surface area is 140 Å². The van der Waals surface area contributed by atoms with Gasteiger partial charge in [-0.1, -0.05) is 0 Å². The van der Waals surface area contributed by atoms with E-state index in [1.54, 1.807) is 17.7 Å². The van der Waals surface area contributed by atoms with Crippen molar-refractivity contribution in [2.24, 2.45) is 0 Å². The molecule has 2 heterocycles. The number of nitrogens with zero attached hydrogens (tertiary/aromatic N) is 5. The summed E-state index contributed by atoms with van der Waals surface area (Å²) in [5, 5.41) is 15.1. The molecule has 1 N–H and O–H groups in total. The molecule has 1 saturated carbocycles. The Morgan fingerprint density at radius 3 is 2.96 bits per heavy atom. The van der Waals surface area contributed by atoms with Gasteiger partial charge in [0, 0.05) is 5.92 Å². The van der Waals surface area contributed by atoms with Gasteiger partial charge in [-0.05, 0) is 48.4 Å². The van der Waals surface area contributed by atoms with Crippen molar-refractivity contribution in [1.29, 1.82) is 0 Å². The molecule has 122 valence electrons. The van der Waals surface area contributed by atoms with E-state index in [-0.39, 0.29) is 5.69 Å². The zero-order chi connectivity index (χ0) is 16.7. The van der Waals surface area contributed by atoms with Crippen LogP contribution < -0.4 is 5.32 Å². The second-order valence-electron chi connectivity index (χ2n) is 5.58. The number of hydrogen-bond donors (Lipinski definition) is 1. The summed E-state index contributed by atoms with van der Waals surface area (Å²) < 4.78 is 15.7. The smallest absolute Gasteiger partial charge is 0.267 e. The number of anilines is 1. The fourth-order valence-electron chi connectivity index (χ4n) is 2.37. The van der Waals surface area contributed by atoms with Gasteiger partial charge in [0.25, 0.3) is 5.91 Å². The molecule has 4 rings (SSSR count). The maximum absolute atomic E-state index is 14.1. The fraction of sp³-hybridized carbons (Fsp3) is 0.267. The largest absolute Gasteiger partial charge is 0.319 e. The Morgan fingerprint density at radius 2 is 2.25 bits per heavy atom. The van der Waals surface area contributed by atoms with Crippen LogP contribution in [0.4, 0.5) is 10.1 Å². The second kappa shape index (κ2) is 5.75. The monoisotopic (exact) mass is 344 g/mol. The van der Waals surface area contributed by atoms with Crippen LogP contribution in [0, 0.1) is 12.7 Å². The molecular formula is C15H13FN6OS. The van der Waals surface area contributed by atoms with Crippen LogP contribution in [0.25, 0.3) is 5.69 Å². The van der Waals surface area contributed by atoms with Crippen LogP contribution in [0.2, 0.25) is 0 Å². The van der Waals surface area contributed by atoms with Crippen LogP contribution in [-0.2, 0) is 0 Å². The van der Waals surface area contributed by atoms with Crippen molar-refractivity contribution in [2.75, 3.05) is 5.32 Å². The molecule has 0 atom stereocenters. The molecule has 1 aromatic carbocycles. The van der Waals surface area contributed by atoms with E-state index in [1.807, 2.05) is 0 Å². The summed E-state index contributed by atoms with van der Waals surface area (Å²) in [6, 6.07) is 4.41. The van der Waals surface area contributed by atoms with Crippen molar-refractivity contribution >= 4 is 22.9 Å². The van der Waals surface area contributed by atoms with Gasteiger partial charge in [0.2, 0.25) is 0 Å². The van der Waals surface area contributed by atoms with Gasteiger partial charge in [-0.15, -0.1) is 16.4 Å². The van der Waals surface area contributed by atoms with Crippen molar-refractivity contribution in [2.45, 2.75) is 25.7 Å². The lowest BCUT2D eigenvalue weighted by atomic mass is 10.2. The van der Waals surface area contributed by atoms with Crippen LogP contribution in [0.15, 0.2) is 24.4 Å². The Morgan fingerprint density at radius 1 is 1.42 bits per heavy atom. The molecule has 0 bridgehead atoms. The summed E-state index contributed by atoms with van der Waals surface area (Å²) in [5.74, 6) is 0.199. The lowest BCUT2D eigenvalue weighted by molar-refractivity contribution is 0.103. The quantitative estimate of drug-likeness (QED) is 0.786. The summed E-state index contributed by atoms with van der Waals surface area (Å²) >= 11 is 1.25. The van der Waals surface area contributed by atoms with Gasteiger partial charge in [0.05, 0.1) is 22.6 Å². The summed E-state index contributed by atoms with van der Waals surface area (Å²) in [5.41, 5.74) is 0.694. The van der Waals surface area contributed by atoms with Crippen LogP contribution in [0.1, 0.15) is 39.3 Å². The van der Waals surface area contributed by atoms with Crippen molar-refractivity contribution in [1.82, 2.24) is 25.2 Å². The van der Waals surface area contributed by atoms with Gasteiger partial charge < -0.3 is 5.32 Å². The Hall–Kier alpha value is -2.68. The van der Waals surface area contributed by atoms with Gasteiger partial charge in [0.15, 0.2) is 5.82 Å². The molecule has 0 saturated heterocycles. The minimum Gasteiger partial charge on any atom is -0.319 e. The summed E-state index contributed by atoms with van der Waals surface area (Å²) in [6.45, 7) is 1.81. The molecule has 1 amide bonds. The second-order valence-corrected chi connectivity index (χ2v) is 6.82. The number of hydrogen-bond acceptors (Lipinski definition) is 6. The van der Waals surface area contributed by atoms with E-state index in [0.29, 0.717) is 16.5 Å². The standard InChI is InChI=1S/C15H13FN6OS/c1-8-17-7-13(24-8)15(23)18-12-6-10(4-5-11(12)16)22-14(9-2-3-9)19-20-21-22/h4-7,9H,2-3H2,1H3,(H,18,23). The molecule has 3 aromatic rings. The zero-order valence-electron chi connectivity index (χ0n) is 12.7. The number of aromatic nitrogens is 5. The third kappa shape index (κ3) is 2.78. The summed E-state index contributed by atoms with van der Waals surface area (Å²) in [7, 11) is 0. The Bertz CT molecular complexity index is 916. The first-order valence-electron chi connectivity index (χ1n) is 7.44. The minimum absolute atomic E-state index is 0.0841. The van der Waals surface area contributed by atoms with Crippen molar-refractivity contribution in [3.63, 3.8) is 0 Å². The number of nitrogens with one attached hydrogen (secondary N) is 1. The molecule has 1 aliphatic rings. The molecule has 0 unspecified atom stereocenters. The third-order valence-corrected chi connectivity index (χ3v) is 4.64. The predicted molar refractivity (Wildman–Crippen MR) is 85.9 cm³/mol. The van der Waals surface area contributed by atoms with Crippen LogP contribution >= 0.6 is 11.3 Å². The molecule has 9 heteroatoms. The number of halogens is 1. The highest BCUT2D eigenvalue weighted by Crippen LogP contribution is 2.39. The zero-order valence-corrected chi connectivity index (χ0v) is 13.5. The van der Waals surface area contributed by atoms with Gasteiger partial charge in [0.1, 0.15) is 10.7 Å². The highest BCUT2D eigenvalue weighted by Gasteiger charge is 2.30. The van der Waals surface area contributed by atoms with Gasteiger partial charge in [-0.25, -0.2) is 9.37 Å². The van der Waals surface area contributed by atoms with E-state index >= 15 is 0 Å². The maximum atomic E-state index is 14.1.